The Kier molecular flexibility index (Phi) is 3.10. The van der Waals surface area contributed by atoms with E-state index >= 15 is 0 Å². The van der Waals surface area contributed by atoms with Crippen molar-refractivity contribution in [1.29, 1.82) is 5.26 Å². The summed E-state index contributed by atoms with van der Waals surface area (Å²) in [4.78, 5) is 23.3. The Balaban J connectivity index is 3.29. The van der Waals surface area contributed by atoms with Crippen LogP contribution in [0.4, 0.5) is 5.69 Å². The number of hydrogen-bond acceptors (Lipinski definition) is 5. The zero-order chi connectivity index (χ0) is 11.3. The molecule has 0 saturated heterocycles. The first-order chi connectivity index (χ1) is 7.19. The average molecular weight is 201 g/mol. The van der Waals surface area contributed by atoms with Crippen LogP contribution in [0.3, 0.4) is 0 Å². The SMILES string of the molecule is N#Cc1ncc(C#CC=O)cc1[N+](=O)[O-]. The number of carbonyl (C=O) groups excluding carboxylic acids is 1. The van der Waals surface area contributed by atoms with Gasteiger partial charge in [-0.1, -0.05) is 5.92 Å². The van der Waals surface area contributed by atoms with Crippen molar-refractivity contribution < 1.29 is 9.72 Å². The first-order valence-electron chi connectivity index (χ1n) is 3.68. The Labute approximate surface area is 84.3 Å². The quantitative estimate of drug-likeness (QED) is 0.283. The lowest BCUT2D eigenvalue weighted by Crippen LogP contribution is -1.95. The van der Waals surface area contributed by atoms with Gasteiger partial charge in [0.2, 0.25) is 5.69 Å². The van der Waals surface area contributed by atoms with E-state index in [-0.39, 0.29) is 11.3 Å². The molecule has 1 aromatic rings. The van der Waals surface area contributed by atoms with Crippen LogP contribution < -0.4 is 0 Å². The molecular formula is C9H3N3O3. The zero-order valence-corrected chi connectivity index (χ0v) is 7.30. The van der Waals surface area contributed by atoms with Crippen LogP contribution in [0.15, 0.2) is 12.3 Å². The fourth-order valence-corrected chi connectivity index (χ4v) is 0.860. The maximum absolute atomic E-state index is 10.5. The number of aromatic nitrogens is 1. The zero-order valence-electron chi connectivity index (χ0n) is 7.30. The number of aldehydes is 1. The highest BCUT2D eigenvalue weighted by Gasteiger charge is 2.14. The lowest BCUT2D eigenvalue weighted by atomic mass is 10.2. The van der Waals surface area contributed by atoms with Crippen LogP contribution >= 0.6 is 0 Å². The second kappa shape index (κ2) is 4.49. The lowest BCUT2D eigenvalue weighted by molar-refractivity contribution is -0.385. The number of rotatable bonds is 1. The third kappa shape index (κ3) is 2.36. The minimum absolute atomic E-state index is 0.216. The van der Waals surface area contributed by atoms with E-state index in [9.17, 15) is 14.9 Å². The molecule has 0 unspecified atom stereocenters. The number of hydrogen-bond donors (Lipinski definition) is 0. The number of nitriles is 1. The smallest absolute Gasteiger partial charge is 0.289 e. The van der Waals surface area contributed by atoms with Gasteiger partial charge in [0, 0.05) is 12.3 Å². The van der Waals surface area contributed by atoms with Gasteiger partial charge < -0.3 is 0 Å². The van der Waals surface area contributed by atoms with Crippen molar-refractivity contribution in [2.45, 2.75) is 0 Å². The molecule has 0 amide bonds. The summed E-state index contributed by atoms with van der Waals surface area (Å²) in [5.74, 6) is 4.44. The molecule has 72 valence electrons. The van der Waals surface area contributed by atoms with Crippen LogP contribution in [0.1, 0.15) is 11.3 Å². The van der Waals surface area contributed by atoms with E-state index in [1.54, 1.807) is 6.07 Å². The Hall–Kier alpha value is -2.73. The Morgan fingerprint density at radius 1 is 1.60 bits per heavy atom. The maximum atomic E-state index is 10.5. The Morgan fingerprint density at radius 3 is 2.87 bits per heavy atom. The monoisotopic (exact) mass is 201 g/mol. The molecule has 0 spiro atoms. The fraction of sp³-hybridized carbons (Fsp3) is 0. The summed E-state index contributed by atoms with van der Waals surface area (Å²) in [6, 6.07) is 2.69. The van der Waals surface area contributed by atoms with Crippen molar-refractivity contribution >= 4 is 12.0 Å². The first kappa shape index (κ1) is 10.4. The first-order valence-corrected chi connectivity index (χ1v) is 3.68. The predicted molar refractivity (Wildman–Crippen MR) is 48.5 cm³/mol. The minimum atomic E-state index is -0.725. The van der Waals surface area contributed by atoms with E-state index < -0.39 is 10.6 Å². The van der Waals surface area contributed by atoms with Gasteiger partial charge in [-0.15, -0.1) is 0 Å². The molecule has 1 rings (SSSR count). The van der Waals surface area contributed by atoms with E-state index in [1.165, 1.54) is 6.20 Å². The molecule has 0 aliphatic rings. The van der Waals surface area contributed by atoms with Crippen molar-refractivity contribution in [3.8, 4) is 17.9 Å². The molecule has 0 atom stereocenters. The molecule has 0 bridgehead atoms. The summed E-state index contributed by atoms with van der Waals surface area (Å²) < 4.78 is 0. The van der Waals surface area contributed by atoms with Crippen molar-refractivity contribution in [2.75, 3.05) is 0 Å². The number of carbonyl (C=O) groups is 1. The highest BCUT2D eigenvalue weighted by atomic mass is 16.6. The molecular weight excluding hydrogens is 198 g/mol. The van der Waals surface area contributed by atoms with E-state index in [2.05, 4.69) is 16.8 Å². The highest BCUT2D eigenvalue weighted by molar-refractivity contribution is 5.74. The van der Waals surface area contributed by atoms with Gasteiger partial charge in [0.15, 0.2) is 6.29 Å². The van der Waals surface area contributed by atoms with Crippen molar-refractivity contribution in [3.05, 3.63) is 33.6 Å². The van der Waals surface area contributed by atoms with Gasteiger partial charge in [-0.05, 0) is 5.92 Å². The van der Waals surface area contributed by atoms with Crippen LogP contribution in [0.25, 0.3) is 0 Å². The summed E-state index contributed by atoms with van der Waals surface area (Å²) in [5, 5.41) is 19.0. The summed E-state index contributed by atoms with van der Waals surface area (Å²) in [5.41, 5.74) is -0.486. The van der Waals surface area contributed by atoms with E-state index in [4.69, 9.17) is 5.26 Å². The van der Waals surface area contributed by atoms with Gasteiger partial charge in [0.05, 0.1) is 10.5 Å². The highest BCUT2D eigenvalue weighted by Crippen LogP contribution is 2.16. The largest absolute Gasteiger partial charge is 0.306 e. The molecule has 6 heteroatoms. The van der Waals surface area contributed by atoms with Crippen LogP contribution in [0.5, 0.6) is 0 Å². The van der Waals surface area contributed by atoms with Crippen molar-refractivity contribution in [2.24, 2.45) is 0 Å². The van der Waals surface area contributed by atoms with Gasteiger partial charge in [0.1, 0.15) is 6.07 Å². The number of nitro groups is 1. The van der Waals surface area contributed by atoms with E-state index in [0.29, 0.717) is 6.29 Å². The molecule has 0 aliphatic carbocycles. The van der Waals surface area contributed by atoms with Gasteiger partial charge >= 0.3 is 5.69 Å². The molecule has 0 aliphatic heterocycles. The van der Waals surface area contributed by atoms with Crippen LogP contribution in [-0.2, 0) is 4.79 Å². The molecule has 0 saturated carbocycles. The van der Waals surface area contributed by atoms with Crippen LogP contribution in [0.2, 0.25) is 0 Å². The van der Waals surface area contributed by atoms with Crippen molar-refractivity contribution in [1.82, 2.24) is 4.98 Å². The van der Waals surface area contributed by atoms with E-state index in [1.807, 2.05) is 0 Å². The maximum Gasteiger partial charge on any atom is 0.306 e. The second-order valence-corrected chi connectivity index (χ2v) is 2.35. The molecule has 0 N–H and O–H groups in total. The third-order valence-corrected chi connectivity index (χ3v) is 1.45. The normalized spacial score (nSPS) is 8.20. The van der Waals surface area contributed by atoms with Gasteiger partial charge in [-0.25, -0.2) is 4.98 Å². The molecule has 0 fully saturated rings. The second-order valence-electron chi connectivity index (χ2n) is 2.35. The van der Waals surface area contributed by atoms with Crippen LogP contribution in [-0.4, -0.2) is 16.2 Å². The number of pyridine rings is 1. The van der Waals surface area contributed by atoms with Gasteiger partial charge in [0.25, 0.3) is 0 Å². The molecule has 6 nitrogen and oxygen atoms in total. The summed E-state index contributed by atoms with van der Waals surface area (Å²) in [6.45, 7) is 0. The molecule has 1 aromatic heterocycles. The standard InChI is InChI=1S/C9H3N3O3/c10-5-8-9(12(14)15)4-7(6-11-8)2-1-3-13/h3-4,6H. The topological polar surface area (TPSA) is 96.9 Å². The average Bonchev–Trinajstić information content (AvgIpc) is 2.25. The van der Waals surface area contributed by atoms with E-state index in [0.717, 1.165) is 6.07 Å². The lowest BCUT2D eigenvalue weighted by Gasteiger charge is -1.93. The van der Waals surface area contributed by atoms with Gasteiger partial charge in [-0.2, -0.15) is 5.26 Å². The fourth-order valence-electron chi connectivity index (χ4n) is 0.860. The summed E-state index contributed by atoms with van der Waals surface area (Å²) >= 11 is 0. The molecule has 15 heavy (non-hydrogen) atoms. The predicted octanol–water partition coefficient (Wildman–Crippen LogP) is 0.412. The molecule has 1 heterocycles. The van der Waals surface area contributed by atoms with Gasteiger partial charge in [-0.3, -0.25) is 14.9 Å². The summed E-state index contributed by atoms with van der Waals surface area (Å²) in [7, 11) is 0. The Bertz CT molecular complexity index is 520. The summed E-state index contributed by atoms with van der Waals surface area (Å²) in [6.07, 6.45) is 1.56. The Morgan fingerprint density at radius 2 is 2.33 bits per heavy atom. The third-order valence-electron chi connectivity index (χ3n) is 1.45. The van der Waals surface area contributed by atoms with Crippen molar-refractivity contribution in [3.63, 3.8) is 0 Å². The molecule has 0 radical (unpaired) electrons. The molecule has 0 aromatic carbocycles. The minimum Gasteiger partial charge on any atom is -0.289 e. The number of nitrogens with zero attached hydrogens (tertiary/aromatic N) is 3. The van der Waals surface area contributed by atoms with Crippen LogP contribution in [0, 0.1) is 33.3 Å².